The second kappa shape index (κ2) is 6.70. The minimum atomic E-state index is -0.993. The van der Waals surface area contributed by atoms with Crippen LogP contribution in [0.25, 0.3) is 0 Å². The Labute approximate surface area is 110 Å². The maximum atomic E-state index is 10.6. The van der Waals surface area contributed by atoms with Crippen LogP contribution in [0.1, 0.15) is 28.1 Å². The number of aryl methyl sites for hydroxylation is 1. The molecule has 2 rings (SSSR count). The van der Waals surface area contributed by atoms with Gasteiger partial charge in [0.05, 0.1) is 5.56 Å². The van der Waals surface area contributed by atoms with Crippen molar-refractivity contribution >= 4 is 5.97 Å². The van der Waals surface area contributed by atoms with E-state index in [1.807, 2.05) is 12.1 Å². The average molecular weight is 261 g/mol. The molecule has 2 aromatic heterocycles. The summed E-state index contributed by atoms with van der Waals surface area (Å²) in [7, 11) is 0. The summed E-state index contributed by atoms with van der Waals surface area (Å²) in [6.45, 7) is 0.898. The van der Waals surface area contributed by atoms with Gasteiger partial charge in [-0.25, -0.2) is 4.79 Å². The molecule has 2 aromatic rings. The number of hydrogen-bond acceptors (Lipinski definition) is 4. The molecule has 1 N–H and O–H groups in total. The summed E-state index contributed by atoms with van der Waals surface area (Å²) < 4.78 is 10.5. The van der Waals surface area contributed by atoms with Crippen LogP contribution < -0.4 is 0 Å². The Morgan fingerprint density at radius 1 is 1.37 bits per heavy atom. The number of rotatable bonds is 7. The molecular formula is C14H15NO4. The zero-order valence-electron chi connectivity index (χ0n) is 10.4. The lowest BCUT2D eigenvalue weighted by molar-refractivity contribution is 0.0696. The first-order valence-electron chi connectivity index (χ1n) is 6.03. The number of aromatic nitrogens is 1. The smallest absolute Gasteiger partial charge is 0.338 e. The fourth-order valence-electron chi connectivity index (χ4n) is 1.67. The zero-order chi connectivity index (χ0) is 13.5. The molecule has 2 heterocycles. The van der Waals surface area contributed by atoms with Crippen molar-refractivity contribution in [3.8, 4) is 0 Å². The van der Waals surface area contributed by atoms with Crippen LogP contribution in [-0.2, 0) is 17.8 Å². The molecule has 5 nitrogen and oxygen atoms in total. The Balaban J connectivity index is 1.65. The number of carbonyl (C=O) groups is 1. The fraction of sp³-hybridized carbons (Fsp3) is 0.286. The van der Waals surface area contributed by atoms with E-state index in [0.717, 1.165) is 12.8 Å². The van der Waals surface area contributed by atoms with Crippen LogP contribution in [0.2, 0.25) is 0 Å². The Hall–Kier alpha value is -2.14. The molecule has 0 aliphatic carbocycles. The monoisotopic (exact) mass is 261 g/mol. The third kappa shape index (κ3) is 4.22. The molecule has 0 aromatic carbocycles. The summed E-state index contributed by atoms with van der Waals surface area (Å²) in [4.78, 5) is 14.6. The lowest BCUT2D eigenvalue weighted by Crippen LogP contribution is -1.97. The first kappa shape index (κ1) is 13.3. The van der Waals surface area contributed by atoms with Crippen LogP contribution in [0.4, 0.5) is 0 Å². The summed E-state index contributed by atoms with van der Waals surface area (Å²) >= 11 is 0. The van der Waals surface area contributed by atoms with Crippen molar-refractivity contribution in [2.45, 2.75) is 19.4 Å². The third-order valence-corrected chi connectivity index (χ3v) is 2.65. The second-order valence-corrected chi connectivity index (χ2v) is 4.12. The summed E-state index contributed by atoms with van der Waals surface area (Å²) in [6.07, 6.45) is 6.59. The highest BCUT2D eigenvalue weighted by atomic mass is 16.5. The summed E-state index contributed by atoms with van der Waals surface area (Å²) in [5.41, 5.74) is 1.38. The number of furan rings is 1. The van der Waals surface area contributed by atoms with E-state index in [4.69, 9.17) is 14.3 Å². The third-order valence-electron chi connectivity index (χ3n) is 2.65. The Kier molecular flexibility index (Phi) is 4.69. The number of ether oxygens (including phenoxy) is 1. The van der Waals surface area contributed by atoms with Crippen LogP contribution in [-0.4, -0.2) is 22.7 Å². The van der Waals surface area contributed by atoms with E-state index in [0.29, 0.717) is 19.0 Å². The molecule has 100 valence electrons. The highest BCUT2D eigenvalue weighted by Crippen LogP contribution is 2.09. The summed E-state index contributed by atoms with van der Waals surface area (Å²) in [5, 5.41) is 8.73. The van der Waals surface area contributed by atoms with Crippen molar-refractivity contribution in [1.29, 1.82) is 0 Å². The van der Waals surface area contributed by atoms with Crippen LogP contribution >= 0.6 is 0 Å². The van der Waals surface area contributed by atoms with Gasteiger partial charge in [0.25, 0.3) is 0 Å². The van der Waals surface area contributed by atoms with Crippen molar-refractivity contribution in [3.05, 3.63) is 53.7 Å². The van der Waals surface area contributed by atoms with E-state index < -0.39 is 5.97 Å². The quantitative estimate of drug-likeness (QED) is 0.775. The van der Waals surface area contributed by atoms with Gasteiger partial charge in [-0.1, -0.05) is 0 Å². The molecular weight excluding hydrogens is 246 g/mol. The van der Waals surface area contributed by atoms with Crippen molar-refractivity contribution in [1.82, 2.24) is 4.98 Å². The molecule has 0 bridgehead atoms. The maximum absolute atomic E-state index is 10.6. The van der Waals surface area contributed by atoms with Crippen molar-refractivity contribution in [2.75, 3.05) is 6.61 Å². The van der Waals surface area contributed by atoms with Gasteiger partial charge in [0, 0.05) is 19.0 Å². The molecule has 19 heavy (non-hydrogen) atoms. The normalized spacial score (nSPS) is 10.5. The molecule has 0 aliphatic heterocycles. The first-order chi connectivity index (χ1) is 9.25. The molecule has 0 saturated heterocycles. The number of aromatic carboxylic acids is 1. The van der Waals surface area contributed by atoms with Gasteiger partial charge in [-0.05, 0) is 36.6 Å². The highest BCUT2D eigenvalue weighted by Gasteiger charge is 2.07. The molecule has 0 atom stereocenters. The zero-order valence-corrected chi connectivity index (χ0v) is 10.4. The summed E-state index contributed by atoms with van der Waals surface area (Å²) in [5.74, 6) is -0.464. The number of hydrogen-bond donors (Lipinski definition) is 1. The van der Waals surface area contributed by atoms with E-state index in [2.05, 4.69) is 4.98 Å². The van der Waals surface area contributed by atoms with E-state index in [1.165, 1.54) is 17.9 Å². The van der Waals surface area contributed by atoms with Gasteiger partial charge in [-0.15, -0.1) is 0 Å². The van der Waals surface area contributed by atoms with Gasteiger partial charge in [-0.3, -0.25) is 4.98 Å². The predicted molar refractivity (Wildman–Crippen MR) is 67.9 cm³/mol. The van der Waals surface area contributed by atoms with E-state index in [1.54, 1.807) is 12.4 Å². The first-order valence-corrected chi connectivity index (χ1v) is 6.03. The molecule has 0 unspecified atom stereocenters. The van der Waals surface area contributed by atoms with E-state index >= 15 is 0 Å². The largest absolute Gasteiger partial charge is 0.478 e. The van der Waals surface area contributed by atoms with E-state index in [-0.39, 0.29) is 5.56 Å². The second-order valence-electron chi connectivity index (χ2n) is 4.12. The lowest BCUT2D eigenvalue weighted by atomic mass is 10.1. The van der Waals surface area contributed by atoms with Gasteiger partial charge in [-0.2, -0.15) is 0 Å². The molecule has 0 saturated carbocycles. The molecule has 0 spiro atoms. The van der Waals surface area contributed by atoms with Crippen LogP contribution in [0.5, 0.6) is 0 Å². The summed E-state index contributed by atoms with van der Waals surface area (Å²) in [6, 6.07) is 5.43. The average Bonchev–Trinajstić information content (AvgIpc) is 2.89. The topological polar surface area (TPSA) is 72.6 Å². The maximum Gasteiger partial charge on any atom is 0.338 e. The number of carboxylic acid groups (broad SMARTS) is 1. The number of carboxylic acids is 1. The van der Waals surface area contributed by atoms with Crippen LogP contribution in [0, 0.1) is 0 Å². The van der Waals surface area contributed by atoms with Crippen molar-refractivity contribution in [2.24, 2.45) is 0 Å². The molecule has 0 amide bonds. The Bertz CT molecular complexity index is 521. The van der Waals surface area contributed by atoms with Crippen LogP contribution in [0.15, 0.2) is 41.3 Å². The lowest BCUT2D eigenvalue weighted by Gasteiger charge is -2.02. The Morgan fingerprint density at radius 2 is 2.16 bits per heavy atom. The van der Waals surface area contributed by atoms with E-state index in [9.17, 15) is 4.79 Å². The minimum absolute atomic E-state index is 0.149. The van der Waals surface area contributed by atoms with Gasteiger partial charge in [0.15, 0.2) is 0 Å². The minimum Gasteiger partial charge on any atom is -0.478 e. The SMILES string of the molecule is O=C(O)c1coc(COCCCc2ccncc2)c1. The molecule has 5 heteroatoms. The van der Waals surface area contributed by atoms with Gasteiger partial charge in [0.2, 0.25) is 0 Å². The predicted octanol–water partition coefficient (Wildman–Crippen LogP) is 2.52. The van der Waals surface area contributed by atoms with Crippen molar-refractivity contribution in [3.63, 3.8) is 0 Å². The van der Waals surface area contributed by atoms with Crippen molar-refractivity contribution < 1.29 is 19.1 Å². The molecule has 0 fully saturated rings. The molecule has 0 aliphatic rings. The Morgan fingerprint density at radius 3 is 2.84 bits per heavy atom. The van der Waals surface area contributed by atoms with Gasteiger partial charge < -0.3 is 14.3 Å². The fourth-order valence-corrected chi connectivity index (χ4v) is 1.67. The van der Waals surface area contributed by atoms with Gasteiger partial charge in [0.1, 0.15) is 18.6 Å². The number of pyridine rings is 1. The van der Waals surface area contributed by atoms with Gasteiger partial charge >= 0.3 is 5.97 Å². The number of nitrogens with zero attached hydrogens (tertiary/aromatic N) is 1. The standard InChI is InChI=1S/C14H15NO4/c16-14(17)12-8-13(19-9-12)10-18-7-1-2-11-3-5-15-6-4-11/h3-6,8-9H,1-2,7,10H2,(H,16,17). The van der Waals surface area contributed by atoms with Crippen LogP contribution in [0.3, 0.4) is 0 Å². The highest BCUT2D eigenvalue weighted by molar-refractivity contribution is 5.87. The molecule has 0 radical (unpaired) electrons.